The van der Waals surface area contributed by atoms with Crippen molar-refractivity contribution < 1.29 is 9.53 Å². The molecule has 3 nitrogen and oxygen atoms in total. The van der Waals surface area contributed by atoms with E-state index in [-0.39, 0.29) is 12.0 Å². The van der Waals surface area contributed by atoms with Crippen LogP contribution in [0.2, 0.25) is 0 Å². The smallest absolute Gasteiger partial charge is 0.323 e. The maximum Gasteiger partial charge on any atom is 0.323 e. The molecule has 2 rings (SSSR count). The van der Waals surface area contributed by atoms with Gasteiger partial charge in [0.25, 0.3) is 0 Å². The molecule has 0 aliphatic carbocycles. The zero-order valence-electron chi connectivity index (χ0n) is 12.8. The van der Waals surface area contributed by atoms with Crippen molar-refractivity contribution in [2.24, 2.45) is 0 Å². The second-order valence-corrected chi connectivity index (χ2v) is 6.46. The average Bonchev–Trinajstić information content (AvgIpc) is 2.84. The van der Waals surface area contributed by atoms with Crippen LogP contribution in [0.3, 0.4) is 0 Å². The number of carbonyl (C=O) groups is 1. The molecule has 1 aliphatic rings. The van der Waals surface area contributed by atoms with Gasteiger partial charge in [-0.1, -0.05) is 30.3 Å². The first kappa shape index (κ1) is 15.0. The van der Waals surface area contributed by atoms with Gasteiger partial charge in [0.05, 0.1) is 0 Å². The lowest BCUT2D eigenvalue weighted by Gasteiger charge is -2.27. The van der Waals surface area contributed by atoms with Crippen molar-refractivity contribution >= 4 is 5.97 Å². The van der Waals surface area contributed by atoms with E-state index in [1.54, 1.807) is 0 Å². The summed E-state index contributed by atoms with van der Waals surface area (Å²) in [5.74, 6) is -0.0666. The molecule has 1 aliphatic heterocycles. The molecular weight excluding hydrogens is 250 g/mol. The Morgan fingerprint density at radius 3 is 2.65 bits per heavy atom. The first-order valence-electron chi connectivity index (χ1n) is 7.46. The van der Waals surface area contributed by atoms with Crippen molar-refractivity contribution in [3.8, 4) is 0 Å². The number of likely N-dealkylation sites (tertiary alicyclic amines) is 1. The monoisotopic (exact) mass is 275 g/mol. The van der Waals surface area contributed by atoms with Gasteiger partial charge >= 0.3 is 5.97 Å². The molecular formula is C17H25NO2. The van der Waals surface area contributed by atoms with Gasteiger partial charge in [0.15, 0.2) is 0 Å². The molecule has 1 saturated heterocycles. The Morgan fingerprint density at radius 2 is 2.00 bits per heavy atom. The summed E-state index contributed by atoms with van der Waals surface area (Å²) in [5.41, 5.74) is 0.924. The maximum atomic E-state index is 12.2. The Labute approximate surface area is 121 Å². The van der Waals surface area contributed by atoms with Gasteiger partial charge in [-0.05, 0) is 52.1 Å². The van der Waals surface area contributed by atoms with Gasteiger partial charge in [0, 0.05) is 6.54 Å². The third-order valence-corrected chi connectivity index (χ3v) is 3.57. The normalized spacial score (nSPS) is 20.1. The molecule has 0 N–H and O–H groups in total. The molecule has 20 heavy (non-hydrogen) atoms. The molecule has 0 amide bonds. The van der Waals surface area contributed by atoms with Gasteiger partial charge in [0.1, 0.15) is 11.6 Å². The van der Waals surface area contributed by atoms with Crippen molar-refractivity contribution in [3.63, 3.8) is 0 Å². The Balaban J connectivity index is 1.89. The minimum atomic E-state index is -0.398. The summed E-state index contributed by atoms with van der Waals surface area (Å²) in [5, 5.41) is 0. The van der Waals surface area contributed by atoms with E-state index in [1.807, 2.05) is 26.8 Å². The van der Waals surface area contributed by atoms with Crippen LogP contribution in [-0.2, 0) is 16.0 Å². The fourth-order valence-corrected chi connectivity index (χ4v) is 2.65. The SMILES string of the molecule is CC(C)(C)OC(=O)[C@@H]1CCCN1CCc1ccccc1. The van der Waals surface area contributed by atoms with Crippen molar-refractivity contribution in [1.82, 2.24) is 4.90 Å². The third kappa shape index (κ3) is 4.34. The van der Waals surface area contributed by atoms with E-state index in [4.69, 9.17) is 4.74 Å². The van der Waals surface area contributed by atoms with Crippen molar-refractivity contribution in [1.29, 1.82) is 0 Å². The predicted molar refractivity (Wildman–Crippen MR) is 80.6 cm³/mol. The minimum absolute atomic E-state index is 0.0575. The van der Waals surface area contributed by atoms with E-state index in [1.165, 1.54) is 5.56 Å². The van der Waals surface area contributed by atoms with Crippen molar-refractivity contribution in [2.75, 3.05) is 13.1 Å². The van der Waals surface area contributed by atoms with E-state index in [0.717, 1.165) is 32.4 Å². The molecule has 0 bridgehead atoms. The maximum absolute atomic E-state index is 12.2. The summed E-state index contributed by atoms with van der Waals surface area (Å²) < 4.78 is 5.52. The number of esters is 1. The van der Waals surface area contributed by atoms with Gasteiger partial charge in [-0.25, -0.2) is 0 Å². The topological polar surface area (TPSA) is 29.5 Å². The lowest BCUT2D eigenvalue weighted by atomic mass is 10.1. The molecule has 1 aromatic rings. The second-order valence-electron chi connectivity index (χ2n) is 6.46. The second kappa shape index (κ2) is 6.40. The highest BCUT2D eigenvalue weighted by Gasteiger charge is 2.33. The van der Waals surface area contributed by atoms with Crippen molar-refractivity contribution in [3.05, 3.63) is 35.9 Å². The first-order valence-corrected chi connectivity index (χ1v) is 7.46. The number of hydrogen-bond donors (Lipinski definition) is 0. The van der Waals surface area contributed by atoms with Crippen LogP contribution in [0.1, 0.15) is 39.2 Å². The van der Waals surface area contributed by atoms with Crippen LogP contribution in [0.25, 0.3) is 0 Å². The summed E-state index contributed by atoms with van der Waals surface area (Å²) in [6.45, 7) is 7.70. The fraction of sp³-hybridized carbons (Fsp3) is 0.588. The number of rotatable bonds is 4. The molecule has 0 radical (unpaired) electrons. The molecule has 1 atom stereocenters. The van der Waals surface area contributed by atoms with Crippen molar-refractivity contribution in [2.45, 2.75) is 51.7 Å². The first-order chi connectivity index (χ1) is 9.46. The third-order valence-electron chi connectivity index (χ3n) is 3.57. The summed E-state index contributed by atoms with van der Waals surface area (Å²) in [7, 11) is 0. The van der Waals surface area contributed by atoms with Crippen LogP contribution in [0.15, 0.2) is 30.3 Å². The van der Waals surface area contributed by atoms with Gasteiger partial charge in [-0.3, -0.25) is 9.69 Å². The molecule has 110 valence electrons. The van der Waals surface area contributed by atoms with Crippen LogP contribution < -0.4 is 0 Å². The molecule has 0 saturated carbocycles. The Hall–Kier alpha value is -1.35. The Bertz CT molecular complexity index is 436. The molecule has 0 aromatic heterocycles. The highest BCUT2D eigenvalue weighted by atomic mass is 16.6. The molecule has 0 unspecified atom stereocenters. The van der Waals surface area contributed by atoms with Crippen LogP contribution in [0.4, 0.5) is 0 Å². The van der Waals surface area contributed by atoms with E-state index in [2.05, 4.69) is 29.2 Å². The van der Waals surface area contributed by atoms with E-state index in [9.17, 15) is 4.79 Å². The molecule has 1 fully saturated rings. The zero-order chi connectivity index (χ0) is 14.6. The molecule has 3 heteroatoms. The number of carbonyl (C=O) groups excluding carboxylic acids is 1. The summed E-state index contributed by atoms with van der Waals surface area (Å²) in [4.78, 5) is 14.5. The van der Waals surface area contributed by atoms with Crippen LogP contribution in [0.5, 0.6) is 0 Å². The number of benzene rings is 1. The van der Waals surface area contributed by atoms with Gasteiger partial charge < -0.3 is 4.74 Å². The molecule has 0 spiro atoms. The fourth-order valence-electron chi connectivity index (χ4n) is 2.65. The van der Waals surface area contributed by atoms with Crippen LogP contribution >= 0.6 is 0 Å². The highest BCUT2D eigenvalue weighted by molar-refractivity contribution is 5.76. The summed E-state index contributed by atoms with van der Waals surface area (Å²) in [6.07, 6.45) is 2.99. The van der Waals surface area contributed by atoms with E-state index >= 15 is 0 Å². The number of hydrogen-bond acceptors (Lipinski definition) is 3. The largest absolute Gasteiger partial charge is 0.459 e. The van der Waals surface area contributed by atoms with E-state index in [0.29, 0.717) is 0 Å². The average molecular weight is 275 g/mol. The minimum Gasteiger partial charge on any atom is -0.459 e. The summed E-state index contributed by atoms with van der Waals surface area (Å²) in [6, 6.07) is 10.4. The molecule has 1 heterocycles. The Morgan fingerprint density at radius 1 is 1.30 bits per heavy atom. The summed E-state index contributed by atoms with van der Waals surface area (Å²) >= 11 is 0. The number of nitrogens with zero attached hydrogens (tertiary/aromatic N) is 1. The zero-order valence-corrected chi connectivity index (χ0v) is 12.8. The Kier molecular flexibility index (Phi) is 4.81. The predicted octanol–water partition coefficient (Wildman–Crippen LogP) is 3.04. The van der Waals surface area contributed by atoms with Gasteiger partial charge in [0.2, 0.25) is 0 Å². The quantitative estimate of drug-likeness (QED) is 0.791. The standard InChI is InChI=1S/C17H25NO2/c1-17(2,3)20-16(19)15-10-7-12-18(15)13-11-14-8-5-4-6-9-14/h4-6,8-9,15H,7,10-13H2,1-3H3/t15-/m0/s1. The molecule has 1 aromatic carbocycles. The highest BCUT2D eigenvalue weighted by Crippen LogP contribution is 2.21. The lowest BCUT2D eigenvalue weighted by molar-refractivity contribution is -0.160. The lowest BCUT2D eigenvalue weighted by Crippen LogP contribution is -2.41. The van der Waals surface area contributed by atoms with Gasteiger partial charge in [-0.2, -0.15) is 0 Å². The van der Waals surface area contributed by atoms with Crippen LogP contribution in [0, 0.1) is 0 Å². The number of ether oxygens (including phenoxy) is 1. The van der Waals surface area contributed by atoms with Gasteiger partial charge in [-0.15, -0.1) is 0 Å². The van der Waals surface area contributed by atoms with Crippen LogP contribution in [-0.4, -0.2) is 35.6 Å². The van der Waals surface area contributed by atoms with E-state index < -0.39 is 5.60 Å².